The minimum absolute atomic E-state index is 1.08. The molecular weight excluding hydrogens is 236 g/mol. The van der Waals surface area contributed by atoms with E-state index in [4.69, 9.17) is 0 Å². The van der Waals surface area contributed by atoms with Crippen LogP contribution >= 0.6 is 11.8 Å². The Labute approximate surface area is 114 Å². The lowest BCUT2D eigenvalue weighted by molar-refractivity contribution is 0.901. The van der Waals surface area contributed by atoms with E-state index in [1.807, 2.05) is 11.8 Å². The second-order valence-corrected chi connectivity index (χ2v) is 5.51. The largest absolute Gasteiger partial charge is 0.121 e. The van der Waals surface area contributed by atoms with Gasteiger partial charge in [0.15, 0.2) is 0 Å². The Hall–Kier alpha value is -1.21. The monoisotopic (exact) mass is 256 g/mol. The zero-order valence-electron chi connectivity index (χ0n) is 10.9. The van der Waals surface area contributed by atoms with Gasteiger partial charge in [-0.1, -0.05) is 67.5 Å². The molecule has 0 amide bonds. The van der Waals surface area contributed by atoms with Crippen LogP contribution in [0.15, 0.2) is 65.1 Å². The zero-order chi connectivity index (χ0) is 12.6. The van der Waals surface area contributed by atoms with Crippen LogP contribution in [0.2, 0.25) is 0 Å². The molecule has 0 fully saturated rings. The molecule has 1 aromatic rings. The minimum Gasteiger partial charge on any atom is -0.121 e. The Kier molecular flexibility index (Phi) is 5.35. The van der Waals surface area contributed by atoms with Gasteiger partial charge in [0.05, 0.1) is 0 Å². The predicted octanol–water partition coefficient (Wildman–Crippen LogP) is 5.17. The zero-order valence-corrected chi connectivity index (χ0v) is 11.7. The van der Waals surface area contributed by atoms with Crippen molar-refractivity contribution in [3.05, 3.63) is 65.8 Å². The average Bonchev–Trinajstić information content (AvgIpc) is 2.67. The summed E-state index contributed by atoms with van der Waals surface area (Å²) in [6.45, 7) is 2.24. The van der Waals surface area contributed by atoms with Gasteiger partial charge in [-0.3, -0.25) is 0 Å². The fourth-order valence-electron chi connectivity index (χ4n) is 2.02. The van der Waals surface area contributed by atoms with Gasteiger partial charge in [0.1, 0.15) is 0 Å². The van der Waals surface area contributed by atoms with Crippen molar-refractivity contribution in [3.8, 4) is 0 Å². The third-order valence-corrected chi connectivity index (χ3v) is 4.20. The molecule has 2 rings (SSSR count). The van der Waals surface area contributed by atoms with Crippen LogP contribution in [-0.2, 0) is 6.42 Å². The number of allylic oxidation sites excluding steroid dienone is 5. The highest BCUT2D eigenvalue weighted by atomic mass is 32.2. The summed E-state index contributed by atoms with van der Waals surface area (Å²) in [5, 5.41) is 0. The van der Waals surface area contributed by atoms with E-state index in [0.717, 1.165) is 12.2 Å². The van der Waals surface area contributed by atoms with Gasteiger partial charge < -0.3 is 0 Å². The van der Waals surface area contributed by atoms with E-state index >= 15 is 0 Å². The first kappa shape index (κ1) is 13.2. The van der Waals surface area contributed by atoms with E-state index in [-0.39, 0.29) is 0 Å². The molecule has 1 heteroatoms. The molecule has 0 radical (unpaired) electrons. The van der Waals surface area contributed by atoms with Crippen molar-refractivity contribution < 1.29 is 0 Å². The maximum Gasteiger partial charge on any atom is 0.0197 e. The highest BCUT2D eigenvalue weighted by Gasteiger charge is 2.03. The number of benzene rings is 1. The molecule has 0 bridgehead atoms. The second-order valence-electron chi connectivity index (χ2n) is 4.49. The maximum atomic E-state index is 2.26. The first-order valence-electron chi connectivity index (χ1n) is 6.62. The minimum atomic E-state index is 1.08. The normalized spacial score (nSPS) is 14.4. The van der Waals surface area contributed by atoms with Crippen LogP contribution in [0.1, 0.15) is 25.3 Å². The van der Waals surface area contributed by atoms with Crippen molar-refractivity contribution in [2.24, 2.45) is 0 Å². The summed E-state index contributed by atoms with van der Waals surface area (Å²) in [6.07, 6.45) is 14.3. The Bertz CT molecular complexity index is 466. The van der Waals surface area contributed by atoms with Crippen molar-refractivity contribution in [3.63, 3.8) is 0 Å². The van der Waals surface area contributed by atoms with Gasteiger partial charge in [-0.25, -0.2) is 0 Å². The van der Waals surface area contributed by atoms with E-state index < -0.39 is 0 Å². The fourth-order valence-corrected chi connectivity index (χ4v) is 3.11. The fraction of sp³-hybridized carbons (Fsp3) is 0.294. The summed E-state index contributed by atoms with van der Waals surface area (Å²) < 4.78 is 0. The summed E-state index contributed by atoms with van der Waals surface area (Å²) in [7, 11) is 0. The molecule has 0 spiro atoms. The number of thioether (sulfide) groups is 1. The quantitative estimate of drug-likeness (QED) is 0.655. The van der Waals surface area contributed by atoms with Gasteiger partial charge in [-0.2, -0.15) is 0 Å². The first-order valence-corrected chi connectivity index (χ1v) is 7.60. The maximum absolute atomic E-state index is 2.26. The molecule has 0 saturated heterocycles. The van der Waals surface area contributed by atoms with Gasteiger partial charge in [0, 0.05) is 10.6 Å². The molecule has 1 aromatic carbocycles. The lowest BCUT2D eigenvalue weighted by Crippen LogP contribution is -1.90. The highest BCUT2D eigenvalue weighted by molar-refractivity contribution is 7.99. The lowest BCUT2D eigenvalue weighted by Gasteiger charge is -2.09. The van der Waals surface area contributed by atoms with Crippen molar-refractivity contribution in [1.82, 2.24) is 0 Å². The summed E-state index contributed by atoms with van der Waals surface area (Å²) >= 11 is 1.97. The topological polar surface area (TPSA) is 0 Å². The van der Waals surface area contributed by atoms with Crippen LogP contribution < -0.4 is 0 Å². The Balaban J connectivity index is 1.99. The Morgan fingerprint density at radius 3 is 2.89 bits per heavy atom. The lowest BCUT2D eigenvalue weighted by atomic mass is 10.1. The summed E-state index contributed by atoms with van der Waals surface area (Å²) in [4.78, 5) is 1.44. The SMILES string of the molecule is CCCc1ccccc1SCC1=CC=CC=CC1. The van der Waals surface area contributed by atoms with Crippen LogP contribution in [0.4, 0.5) is 0 Å². The average molecular weight is 256 g/mol. The molecule has 1 aliphatic carbocycles. The molecule has 18 heavy (non-hydrogen) atoms. The van der Waals surface area contributed by atoms with Gasteiger partial charge >= 0.3 is 0 Å². The Morgan fingerprint density at radius 2 is 2.00 bits per heavy atom. The third-order valence-electron chi connectivity index (χ3n) is 2.98. The molecule has 0 aliphatic heterocycles. The van der Waals surface area contributed by atoms with E-state index in [1.165, 1.54) is 28.9 Å². The molecule has 0 aromatic heterocycles. The first-order chi connectivity index (χ1) is 8.90. The second kappa shape index (κ2) is 7.27. The molecule has 0 N–H and O–H groups in total. The van der Waals surface area contributed by atoms with Gasteiger partial charge in [-0.15, -0.1) is 11.8 Å². The van der Waals surface area contributed by atoms with E-state index in [0.29, 0.717) is 0 Å². The van der Waals surface area contributed by atoms with Crippen LogP contribution in [0, 0.1) is 0 Å². The molecular formula is C17H20S. The molecule has 0 atom stereocenters. The predicted molar refractivity (Wildman–Crippen MR) is 82.1 cm³/mol. The smallest absolute Gasteiger partial charge is 0.0197 e. The van der Waals surface area contributed by atoms with E-state index in [9.17, 15) is 0 Å². The Morgan fingerprint density at radius 1 is 1.11 bits per heavy atom. The number of hydrogen-bond donors (Lipinski definition) is 0. The van der Waals surface area contributed by atoms with Crippen LogP contribution in [0.3, 0.4) is 0 Å². The van der Waals surface area contributed by atoms with E-state index in [2.05, 4.69) is 61.6 Å². The molecule has 94 valence electrons. The highest BCUT2D eigenvalue weighted by Crippen LogP contribution is 2.26. The van der Waals surface area contributed by atoms with Crippen LogP contribution in [-0.4, -0.2) is 5.75 Å². The van der Waals surface area contributed by atoms with Gasteiger partial charge in [0.25, 0.3) is 0 Å². The van der Waals surface area contributed by atoms with Gasteiger partial charge in [-0.05, 0) is 24.5 Å². The number of hydrogen-bond acceptors (Lipinski definition) is 1. The third kappa shape index (κ3) is 3.92. The van der Waals surface area contributed by atoms with Crippen molar-refractivity contribution >= 4 is 11.8 Å². The summed E-state index contributed by atoms with van der Waals surface area (Å²) in [5.74, 6) is 1.09. The van der Waals surface area contributed by atoms with Crippen molar-refractivity contribution in [1.29, 1.82) is 0 Å². The van der Waals surface area contributed by atoms with Crippen LogP contribution in [0.5, 0.6) is 0 Å². The van der Waals surface area contributed by atoms with Gasteiger partial charge in [0.2, 0.25) is 0 Å². The molecule has 1 aliphatic rings. The van der Waals surface area contributed by atoms with E-state index in [1.54, 1.807) is 0 Å². The van der Waals surface area contributed by atoms with Crippen LogP contribution in [0.25, 0.3) is 0 Å². The number of rotatable bonds is 5. The number of aryl methyl sites for hydroxylation is 1. The molecule has 0 nitrogen and oxygen atoms in total. The van der Waals surface area contributed by atoms with Crippen molar-refractivity contribution in [2.45, 2.75) is 31.1 Å². The molecule has 0 heterocycles. The summed E-state index contributed by atoms with van der Waals surface area (Å²) in [5.41, 5.74) is 2.99. The molecule has 0 unspecified atom stereocenters. The standard InChI is InChI=1S/C17H20S/c1-2-9-16-12-7-8-13-17(16)18-14-15-10-5-3-4-6-11-15/h3-8,10,12-13H,2,9,11,14H2,1H3. The molecule has 0 saturated carbocycles. The van der Waals surface area contributed by atoms with Crippen molar-refractivity contribution in [2.75, 3.05) is 5.75 Å². The summed E-state index contributed by atoms with van der Waals surface area (Å²) in [6, 6.07) is 8.79.